The number of amides is 2. The SMILES string of the molecule is CC(=O)NCCC(=O)N1C[C@H]2C[C@@H](Oc3cccc(Cl)c3)[C@H](O)C[C@H]2C1. The zero-order valence-electron chi connectivity index (χ0n) is 14.9. The van der Waals surface area contributed by atoms with Gasteiger partial charge >= 0.3 is 0 Å². The van der Waals surface area contributed by atoms with Crippen molar-refractivity contribution in [1.82, 2.24) is 10.2 Å². The highest BCUT2D eigenvalue weighted by Crippen LogP contribution is 2.38. The minimum absolute atomic E-state index is 0.0509. The number of benzene rings is 1. The molecule has 142 valence electrons. The summed E-state index contributed by atoms with van der Waals surface area (Å²) in [5, 5.41) is 13.7. The summed E-state index contributed by atoms with van der Waals surface area (Å²) in [4.78, 5) is 25.1. The van der Waals surface area contributed by atoms with Gasteiger partial charge in [0.2, 0.25) is 11.8 Å². The van der Waals surface area contributed by atoms with Crippen molar-refractivity contribution >= 4 is 23.4 Å². The summed E-state index contributed by atoms with van der Waals surface area (Å²) < 4.78 is 5.96. The average molecular weight is 381 g/mol. The Morgan fingerprint density at radius 1 is 1.31 bits per heavy atom. The van der Waals surface area contributed by atoms with Gasteiger partial charge in [0.25, 0.3) is 0 Å². The van der Waals surface area contributed by atoms with Crippen molar-refractivity contribution < 1.29 is 19.4 Å². The average Bonchev–Trinajstić information content (AvgIpc) is 2.97. The second-order valence-electron chi connectivity index (χ2n) is 7.20. The zero-order valence-corrected chi connectivity index (χ0v) is 15.6. The number of halogens is 1. The molecule has 7 heteroatoms. The fraction of sp³-hybridized carbons (Fsp3) is 0.579. The molecule has 1 aliphatic heterocycles. The third-order valence-electron chi connectivity index (χ3n) is 5.23. The summed E-state index contributed by atoms with van der Waals surface area (Å²) in [6.07, 6.45) is 0.817. The topological polar surface area (TPSA) is 78.9 Å². The second-order valence-corrected chi connectivity index (χ2v) is 7.64. The van der Waals surface area contributed by atoms with E-state index < -0.39 is 6.10 Å². The highest BCUT2D eigenvalue weighted by Gasteiger charge is 2.43. The Kier molecular flexibility index (Phi) is 6.04. The van der Waals surface area contributed by atoms with Gasteiger partial charge in [-0.1, -0.05) is 17.7 Å². The van der Waals surface area contributed by atoms with Crippen LogP contribution < -0.4 is 10.1 Å². The Hall–Kier alpha value is -1.79. The number of likely N-dealkylation sites (tertiary alicyclic amines) is 1. The molecule has 2 aliphatic rings. The summed E-state index contributed by atoms with van der Waals surface area (Å²) in [7, 11) is 0. The van der Waals surface area contributed by atoms with Gasteiger partial charge in [0, 0.05) is 38.0 Å². The molecule has 1 saturated carbocycles. The number of carbonyl (C=O) groups excluding carboxylic acids is 2. The van der Waals surface area contributed by atoms with Crippen LogP contribution in [-0.4, -0.2) is 53.7 Å². The Morgan fingerprint density at radius 3 is 2.73 bits per heavy atom. The van der Waals surface area contributed by atoms with Crippen molar-refractivity contribution in [3.63, 3.8) is 0 Å². The number of carbonyl (C=O) groups is 2. The van der Waals surface area contributed by atoms with Crippen molar-refractivity contribution in [3.8, 4) is 5.75 Å². The van der Waals surface area contributed by atoms with E-state index in [1.165, 1.54) is 6.92 Å². The molecule has 1 saturated heterocycles. The fourth-order valence-electron chi connectivity index (χ4n) is 3.94. The smallest absolute Gasteiger partial charge is 0.224 e. The number of ether oxygens (including phenoxy) is 1. The monoisotopic (exact) mass is 380 g/mol. The van der Waals surface area contributed by atoms with E-state index in [9.17, 15) is 14.7 Å². The molecular weight excluding hydrogens is 356 g/mol. The van der Waals surface area contributed by atoms with Crippen LogP contribution in [0.15, 0.2) is 24.3 Å². The summed E-state index contributed by atoms with van der Waals surface area (Å²) in [6.45, 7) is 3.16. The summed E-state index contributed by atoms with van der Waals surface area (Å²) in [5.41, 5.74) is 0. The summed E-state index contributed by atoms with van der Waals surface area (Å²) in [5.74, 6) is 1.20. The molecule has 0 bridgehead atoms. The summed E-state index contributed by atoms with van der Waals surface area (Å²) in [6, 6.07) is 7.17. The van der Waals surface area contributed by atoms with Crippen molar-refractivity contribution in [1.29, 1.82) is 0 Å². The lowest BCUT2D eigenvalue weighted by atomic mass is 9.78. The third kappa shape index (κ3) is 4.68. The number of hydrogen-bond acceptors (Lipinski definition) is 4. The number of aliphatic hydroxyl groups is 1. The van der Waals surface area contributed by atoms with Crippen LogP contribution >= 0.6 is 11.6 Å². The minimum atomic E-state index is -0.551. The first-order chi connectivity index (χ1) is 12.4. The highest BCUT2D eigenvalue weighted by atomic mass is 35.5. The van der Waals surface area contributed by atoms with Crippen LogP contribution in [0, 0.1) is 11.8 Å². The first kappa shape index (κ1) is 19.0. The molecule has 6 nitrogen and oxygen atoms in total. The maximum absolute atomic E-state index is 12.3. The predicted molar refractivity (Wildman–Crippen MR) is 98.0 cm³/mol. The molecule has 2 amide bonds. The van der Waals surface area contributed by atoms with Gasteiger partial charge in [-0.25, -0.2) is 0 Å². The maximum Gasteiger partial charge on any atom is 0.224 e. The largest absolute Gasteiger partial charge is 0.488 e. The van der Waals surface area contributed by atoms with Crippen LogP contribution in [0.1, 0.15) is 26.2 Å². The van der Waals surface area contributed by atoms with Gasteiger partial charge in [0.05, 0.1) is 6.10 Å². The van der Waals surface area contributed by atoms with E-state index in [0.29, 0.717) is 61.5 Å². The Labute approximate surface area is 158 Å². The normalized spacial score (nSPS) is 27.7. The molecule has 0 radical (unpaired) electrons. The predicted octanol–water partition coefficient (Wildman–Crippen LogP) is 1.84. The molecule has 1 heterocycles. The van der Waals surface area contributed by atoms with Crippen LogP contribution in [0.5, 0.6) is 5.75 Å². The zero-order chi connectivity index (χ0) is 18.7. The lowest BCUT2D eigenvalue weighted by molar-refractivity contribution is -0.130. The highest BCUT2D eigenvalue weighted by molar-refractivity contribution is 6.30. The lowest BCUT2D eigenvalue weighted by Gasteiger charge is -2.35. The van der Waals surface area contributed by atoms with Gasteiger partial charge in [0.1, 0.15) is 11.9 Å². The number of hydrogen-bond donors (Lipinski definition) is 2. The third-order valence-corrected chi connectivity index (χ3v) is 5.47. The number of nitrogens with zero attached hydrogens (tertiary/aromatic N) is 1. The van der Waals surface area contributed by atoms with E-state index in [1.807, 2.05) is 17.0 Å². The quantitative estimate of drug-likeness (QED) is 0.817. The molecule has 4 atom stereocenters. The van der Waals surface area contributed by atoms with Crippen LogP contribution in [0.2, 0.25) is 5.02 Å². The molecule has 1 aliphatic carbocycles. The van der Waals surface area contributed by atoms with Gasteiger partial charge in [-0.2, -0.15) is 0 Å². The van der Waals surface area contributed by atoms with E-state index in [-0.39, 0.29) is 17.9 Å². The molecular formula is C19H25ClN2O4. The van der Waals surface area contributed by atoms with Crippen LogP contribution in [0.4, 0.5) is 0 Å². The first-order valence-corrected chi connectivity index (χ1v) is 9.42. The number of aliphatic hydroxyl groups excluding tert-OH is 1. The van der Waals surface area contributed by atoms with E-state index in [2.05, 4.69) is 5.32 Å². The van der Waals surface area contributed by atoms with Crippen molar-refractivity contribution in [2.45, 2.75) is 38.4 Å². The van der Waals surface area contributed by atoms with Crippen LogP contribution in [0.25, 0.3) is 0 Å². The number of rotatable bonds is 5. The Morgan fingerprint density at radius 2 is 2.04 bits per heavy atom. The van der Waals surface area contributed by atoms with E-state index >= 15 is 0 Å². The standard InChI is InChI=1S/C19H25ClN2O4/c1-12(23)21-6-5-19(25)22-10-13-7-17(24)18(8-14(13)11-22)26-16-4-2-3-15(20)9-16/h2-4,9,13-14,17-18,24H,5-8,10-11H2,1H3,(H,21,23)/t13-,14+,17+,18+/m0/s1. The van der Waals surface area contributed by atoms with Gasteiger partial charge in [0.15, 0.2) is 0 Å². The van der Waals surface area contributed by atoms with Gasteiger partial charge in [-0.05, 0) is 42.9 Å². The van der Waals surface area contributed by atoms with E-state index in [4.69, 9.17) is 16.3 Å². The van der Waals surface area contributed by atoms with Gasteiger partial charge in [-0.3, -0.25) is 9.59 Å². The molecule has 1 aromatic rings. The molecule has 2 N–H and O–H groups in total. The van der Waals surface area contributed by atoms with Crippen LogP contribution in [-0.2, 0) is 9.59 Å². The Bertz CT molecular complexity index is 669. The number of nitrogens with one attached hydrogen (secondary N) is 1. The fourth-order valence-corrected chi connectivity index (χ4v) is 4.12. The van der Waals surface area contributed by atoms with Crippen molar-refractivity contribution in [3.05, 3.63) is 29.3 Å². The first-order valence-electron chi connectivity index (χ1n) is 9.05. The summed E-state index contributed by atoms with van der Waals surface area (Å²) >= 11 is 5.99. The molecule has 3 rings (SSSR count). The second kappa shape index (κ2) is 8.27. The van der Waals surface area contributed by atoms with E-state index in [0.717, 1.165) is 0 Å². The minimum Gasteiger partial charge on any atom is -0.488 e. The molecule has 1 aromatic carbocycles. The molecule has 26 heavy (non-hydrogen) atoms. The van der Waals surface area contributed by atoms with Crippen molar-refractivity contribution in [2.75, 3.05) is 19.6 Å². The molecule has 0 spiro atoms. The van der Waals surface area contributed by atoms with Crippen LogP contribution in [0.3, 0.4) is 0 Å². The molecule has 0 unspecified atom stereocenters. The lowest BCUT2D eigenvalue weighted by Crippen LogP contribution is -2.42. The van der Waals surface area contributed by atoms with Crippen molar-refractivity contribution in [2.24, 2.45) is 11.8 Å². The van der Waals surface area contributed by atoms with Gasteiger partial charge in [-0.15, -0.1) is 0 Å². The number of fused-ring (bicyclic) bond motifs is 1. The molecule has 0 aromatic heterocycles. The maximum atomic E-state index is 12.3. The van der Waals surface area contributed by atoms with Gasteiger partial charge < -0.3 is 20.1 Å². The Balaban J connectivity index is 1.54. The van der Waals surface area contributed by atoms with E-state index in [1.54, 1.807) is 12.1 Å². The molecule has 2 fully saturated rings.